The molecule has 0 radical (unpaired) electrons. The van der Waals surface area contributed by atoms with Gasteiger partial charge in [0.15, 0.2) is 0 Å². The van der Waals surface area contributed by atoms with Crippen LogP contribution in [0.25, 0.3) is 0 Å². The minimum absolute atomic E-state index is 0.156. The van der Waals surface area contributed by atoms with Crippen LogP contribution in [0.5, 0.6) is 0 Å². The molecule has 1 aliphatic heterocycles. The molecule has 0 N–H and O–H groups in total. The Hall–Kier alpha value is 0.160. The van der Waals surface area contributed by atoms with Crippen molar-refractivity contribution in [2.24, 2.45) is 0 Å². The first kappa shape index (κ1) is 13.2. The molecule has 1 aliphatic rings. The van der Waals surface area contributed by atoms with Gasteiger partial charge in [0.1, 0.15) is 0 Å². The Bertz CT molecular complexity index is 307. The van der Waals surface area contributed by atoms with E-state index in [1.165, 1.54) is 0 Å². The van der Waals surface area contributed by atoms with E-state index in [0.29, 0.717) is 13.1 Å². The zero-order chi connectivity index (χ0) is 11.6. The fourth-order valence-electron chi connectivity index (χ4n) is 1.58. The monoisotopic (exact) mass is 254 g/mol. The van der Waals surface area contributed by atoms with E-state index in [1.807, 2.05) is 14.0 Å². The maximum Gasteiger partial charge on any atom is 0.217 e. The SMILES string of the molecule is CC1CN(S(=O)(=O)C(C)CCl)CCN1C. The van der Waals surface area contributed by atoms with Gasteiger partial charge in [-0.1, -0.05) is 0 Å². The molecule has 0 amide bonds. The molecule has 0 aromatic rings. The van der Waals surface area contributed by atoms with Gasteiger partial charge in [0.2, 0.25) is 10.0 Å². The molecule has 0 aromatic carbocycles. The van der Waals surface area contributed by atoms with Crippen molar-refractivity contribution >= 4 is 21.6 Å². The molecule has 90 valence electrons. The largest absolute Gasteiger partial charge is 0.301 e. The minimum Gasteiger partial charge on any atom is -0.301 e. The van der Waals surface area contributed by atoms with Gasteiger partial charge in [-0.2, -0.15) is 4.31 Å². The summed E-state index contributed by atoms with van der Waals surface area (Å²) in [6.45, 7) is 5.62. The molecule has 0 saturated carbocycles. The van der Waals surface area contributed by atoms with Crippen LogP contribution in [0.1, 0.15) is 13.8 Å². The van der Waals surface area contributed by atoms with Crippen LogP contribution in [-0.4, -0.2) is 61.5 Å². The molecule has 0 aromatic heterocycles. The lowest BCUT2D eigenvalue weighted by Gasteiger charge is -2.37. The Kier molecular flexibility index (Phi) is 4.40. The van der Waals surface area contributed by atoms with Crippen molar-refractivity contribution in [1.29, 1.82) is 0 Å². The van der Waals surface area contributed by atoms with Crippen molar-refractivity contribution in [2.75, 3.05) is 32.6 Å². The zero-order valence-corrected chi connectivity index (χ0v) is 11.1. The summed E-state index contributed by atoms with van der Waals surface area (Å²) in [7, 11) is -1.18. The second kappa shape index (κ2) is 4.99. The van der Waals surface area contributed by atoms with Crippen LogP contribution in [-0.2, 0) is 10.0 Å². The molecule has 1 heterocycles. The highest BCUT2D eigenvalue weighted by molar-refractivity contribution is 7.89. The summed E-state index contributed by atoms with van der Waals surface area (Å²) in [5.74, 6) is 0.156. The van der Waals surface area contributed by atoms with Crippen LogP contribution < -0.4 is 0 Å². The smallest absolute Gasteiger partial charge is 0.217 e. The van der Waals surface area contributed by atoms with E-state index >= 15 is 0 Å². The third kappa shape index (κ3) is 2.84. The average Bonchev–Trinajstić information content (AvgIpc) is 2.20. The number of hydrogen-bond donors (Lipinski definition) is 0. The summed E-state index contributed by atoms with van der Waals surface area (Å²) in [6.07, 6.45) is 0. The fourth-order valence-corrected chi connectivity index (χ4v) is 3.49. The van der Waals surface area contributed by atoms with Crippen molar-refractivity contribution < 1.29 is 8.42 Å². The number of piperazine rings is 1. The van der Waals surface area contributed by atoms with Crippen LogP contribution in [0, 0.1) is 0 Å². The van der Waals surface area contributed by atoms with Crippen LogP contribution in [0.3, 0.4) is 0 Å². The number of likely N-dealkylation sites (N-methyl/N-ethyl adjacent to an activating group) is 1. The Labute approximate surface area is 97.2 Å². The van der Waals surface area contributed by atoms with Gasteiger partial charge >= 0.3 is 0 Å². The van der Waals surface area contributed by atoms with Crippen LogP contribution in [0.2, 0.25) is 0 Å². The van der Waals surface area contributed by atoms with Gasteiger partial charge < -0.3 is 4.90 Å². The molecule has 1 fully saturated rings. The summed E-state index contributed by atoms with van der Waals surface area (Å²) >= 11 is 5.60. The molecule has 0 bridgehead atoms. The van der Waals surface area contributed by atoms with Crippen LogP contribution >= 0.6 is 11.6 Å². The second-order valence-electron chi connectivity index (χ2n) is 4.20. The molecule has 2 atom stereocenters. The number of rotatable bonds is 3. The lowest BCUT2D eigenvalue weighted by molar-refractivity contribution is 0.159. The van der Waals surface area contributed by atoms with E-state index < -0.39 is 15.3 Å². The lowest BCUT2D eigenvalue weighted by atomic mass is 10.2. The first-order valence-electron chi connectivity index (χ1n) is 5.14. The lowest BCUT2D eigenvalue weighted by Crippen LogP contribution is -2.53. The molecule has 0 spiro atoms. The normalized spacial score (nSPS) is 27.9. The predicted molar refractivity (Wildman–Crippen MR) is 62.8 cm³/mol. The van der Waals surface area contributed by atoms with Crippen molar-refractivity contribution in [3.63, 3.8) is 0 Å². The van der Waals surface area contributed by atoms with Crippen molar-refractivity contribution in [1.82, 2.24) is 9.21 Å². The number of halogens is 1. The summed E-state index contributed by atoms with van der Waals surface area (Å²) in [6, 6.07) is 0.274. The Balaban J connectivity index is 2.73. The van der Waals surface area contributed by atoms with Gasteiger partial charge in [0.25, 0.3) is 0 Å². The number of hydrogen-bond acceptors (Lipinski definition) is 3. The summed E-state index contributed by atoms with van der Waals surface area (Å²) in [4.78, 5) is 2.16. The topological polar surface area (TPSA) is 40.6 Å². The molecule has 2 unspecified atom stereocenters. The van der Waals surface area contributed by atoms with Crippen LogP contribution in [0.4, 0.5) is 0 Å². The summed E-state index contributed by atoms with van der Waals surface area (Å²) in [5.41, 5.74) is 0. The van der Waals surface area contributed by atoms with Gasteiger partial charge in [-0.25, -0.2) is 8.42 Å². The van der Waals surface area contributed by atoms with E-state index in [0.717, 1.165) is 6.54 Å². The van der Waals surface area contributed by atoms with Crippen molar-refractivity contribution in [2.45, 2.75) is 25.1 Å². The molecule has 1 saturated heterocycles. The molecule has 0 aliphatic carbocycles. The molecule has 6 heteroatoms. The highest BCUT2D eigenvalue weighted by Crippen LogP contribution is 2.15. The van der Waals surface area contributed by atoms with E-state index in [4.69, 9.17) is 11.6 Å². The van der Waals surface area contributed by atoms with Crippen molar-refractivity contribution in [3.8, 4) is 0 Å². The standard InChI is InChI=1S/C9H19ClN2O2S/c1-8-7-12(5-4-11(8)3)15(13,14)9(2)6-10/h8-9H,4-7H2,1-3H3. The molecule has 1 rings (SSSR count). The van der Waals surface area contributed by atoms with E-state index in [-0.39, 0.29) is 11.9 Å². The molecule has 15 heavy (non-hydrogen) atoms. The van der Waals surface area contributed by atoms with Gasteiger partial charge in [0, 0.05) is 31.6 Å². The number of sulfonamides is 1. The highest BCUT2D eigenvalue weighted by atomic mass is 35.5. The van der Waals surface area contributed by atoms with Crippen LogP contribution in [0.15, 0.2) is 0 Å². The Morgan fingerprint density at radius 2 is 2.07 bits per heavy atom. The minimum atomic E-state index is -3.19. The van der Waals surface area contributed by atoms with Gasteiger partial charge in [-0.3, -0.25) is 0 Å². The number of alkyl halides is 1. The zero-order valence-electron chi connectivity index (χ0n) is 9.48. The molecular weight excluding hydrogens is 236 g/mol. The fraction of sp³-hybridized carbons (Fsp3) is 1.00. The third-order valence-corrected chi connectivity index (χ3v) is 5.89. The third-order valence-electron chi connectivity index (χ3n) is 3.01. The molecule has 4 nitrogen and oxygen atoms in total. The maximum absolute atomic E-state index is 12.0. The van der Waals surface area contributed by atoms with E-state index in [2.05, 4.69) is 4.90 Å². The van der Waals surface area contributed by atoms with E-state index in [1.54, 1.807) is 11.2 Å². The van der Waals surface area contributed by atoms with E-state index in [9.17, 15) is 8.42 Å². The first-order valence-corrected chi connectivity index (χ1v) is 7.18. The second-order valence-corrected chi connectivity index (χ2v) is 6.86. The Morgan fingerprint density at radius 3 is 2.53 bits per heavy atom. The maximum atomic E-state index is 12.0. The summed E-state index contributed by atoms with van der Waals surface area (Å²) < 4.78 is 25.5. The first-order chi connectivity index (χ1) is 6.89. The predicted octanol–water partition coefficient (Wildman–Crippen LogP) is 0.579. The van der Waals surface area contributed by atoms with Gasteiger partial charge in [-0.15, -0.1) is 11.6 Å². The highest BCUT2D eigenvalue weighted by Gasteiger charge is 2.32. The van der Waals surface area contributed by atoms with Gasteiger partial charge in [0.05, 0.1) is 5.25 Å². The number of nitrogens with zero attached hydrogens (tertiary/aromatic N) is 2. The van der Waals surface area contributed by atoms with Gasteiger partial charge in [-0.05, 0) is 20.9 Å². The molecular formula is C9H19ClN2O2S. The quantitative estimate of drug-likeness (QED) is 0.692. The summed E-state index contributed by atoms with van der Waals surface area (Å²) in [5, 5.41) is -0.491. The van der Waals surface area contributed by atoms with Crippen molar-refractivity contribution in [3.05, 3.63) is 0 Å². The average molecular weight is 255 g/mol. The Morgan fingerprint density at radius 1 is 1.47 bits per heavy atom.